The number of carbonyl (C=O) groups is 2. The third kappa shape index (κ3) is 4.70. The molecule has 28 heavy (non-hydrogen) atoms. The minimum absolute atomic E-state index is 0.0598. The van der Waals surface area contributed by atoms with Gasteiger partial charge < -0.3 is 0 Å². The summed E-state index contributed by atoms with van der Waals surface area (Å²) in [6, 6.07) is 15.3. The number of aryl methyl sites for hydroxylation is 1. The van der Waals surface area contributed by atoms with Crippen LogP contribution in [-0.4, -0.2) is 22.4 Å². The number of nitrogens with zero attached hydrogens (tertiary/aromatic N) is 2. The highest BCUT2D eigenvalue weighted by molar-refractivity contribution is 7.18. The van der Waals surface area contributed by atoms with E-state index in [2.05, 4.69) is 22.4 Å². The van der Waals surface area contributed by atoms with Gasteiger partial charge in [-0.25, -0.2) is 0 Å². The first kappa shape index (κ1) is 19.9. The molecule has 0 saturated carbocycles. The van der Waals surface area contributed by atoms with E-state index in [1.54, 1.807) is 6.07 Å². The molecule has 1 atom stereocenters. The number of unbranched alkanes of at least 4 members (excludes halogenated alkanes) is 1. The van der Waals surface area contributed by atoms with Gasteiger partial charge in [0, 0.05) is 11.1 Å². The molecule has 3 rings (SSSR count). The Morgan fingerprint density at radius 2 is 1.96 bits per heavy atom. The Balaban J connectivity index is 1.77. The third-order valence-corrected chi connectivity index (χ3v) is 5.51. The highest BCUT2D eigenvalue weighted by Gasteiger charge is 2.21. The summed E-state index contributed by atoms with van der Waals surface area (Å²) in [6.45, 7) is 4.05. The smallest absolute Gasteiger partial charge is 0.233 e. The van der Waals surface area contributed by atoms with Gasteiger partial charge in [0.2, 0.25) is 11.0 Å². The van der Waals surface area contributed by atoms with Gasteiger partial charge in [-0.1, -0.05) is 73.6 Å². The van der Waals surface area contributed by atoms with Crippen molar-refractivity contribution in [3.05, 3.63) is 65.2 Å². The molecule has 0 aliphatic heterocycles. The Morgan fingerprint density at radius 1 is 1.18 bits per heavy atom. The van der Waals surface area contributed by atoms with E-state index in [1.807, 2.05) is 49.4 Å². The highest BCUT2D eigenvalue weighted by atomic mass is 32.1. The molecule has 1 heterocycles. The average Bonchev–Trinajstić information content (AvgIpc) is 3.17. The van der Waals surface area contributed by atoms with Gasteiger partial charge in [0.25, 0.3) is 0 Å². The highest BCUT2D eigenvalue weighted by Crippen LogP contribution is 2.30. The third-order valence-electron chi connectivity index (χ3n) is 4.64. The first-order valence-corrected chi connectivity index (χ1v) is 10.2. The first-order chi connectivity index (χ1) is 13.6. The van der Waals surface area contributed by atoms with Crippen molar-refractivity contribution in [1.29, 1.82) is 0 Å². The quantitative estimate of drug-likeness (QED) is 0.531. The standard InChI is InChI=1S/C22H23N3O2S/c1-3-4-10-19(17-8-6-5-7-9-17)20(27)23-22-25-24-21(28-22)18-12-11-16(14-26)13-15(18)2/h5-9,11-14,19H,3-4,10H2,1-2H3,(H,23,25,27). The minimum atomic E-state index is -0.206. The van der Waals surface area contributed by atoms with Gasteiger partial charge in [0.05, 0.1) is 5.92 Å². The van der Waals surface area contributed by atoms with E-state index >= 15 is 0 Å². The van der Waals surface area contributed by atoms with Crippen molar-refractivity contribution >= 4 is 28.7 Å². The zero-order chi connectivity index (χ0) is 19.9. The summed E-state index contributed by atoms with van der Waals surface area (Å²) >= 11 is 1.34. The van der Waals surface area contributed by atoms with Crippen LogP contribution in [0.1, 0.15) is 53.6 Å². The van der Waals surface area contributed by atoms with E-state index in [1.165, 1.54) is 11.3 Å². The van der Waals surface area contributed by atoms with Crippen LogP contribution in [-0.2, 0) is 4.79 Å². The van der Waals surface area contributed by atoms with E-state index in [0.717, 1.165) is 47.2 Å². The Bertz CT molecular complexity index is 953. The predicted octanol–water partition coefficient (Wildman–Crippen LogP) is 5.24. The zero-order valence-electron chi connectivity index (χ0n) is 16.0. The fourth-order valence-electron chi connectivity index (χ4n) is 3.12. The fraction of sp³-hybridized carbons (Fsp3) is 0.273. The molecule has 2 aromatic carbocycles. The molecular weight excluding hydrogens is 370 g/mol. The molecule has 0 radical (unpaired) electrons. The van der Waals surface area contributed by atoms with Crippen LogP contribution >= 0.6 is 11.3 Å². The van der Waals surface area contributed by atoms with E-state index in [4.69, 9.17) is 0 Å². The van der Waals surface area contributed by atoms with Crippen LogP contribution in [0.15, 0.2) is 48.5 Å². The number of benzene rings is 2. The number of nitrogens with one attached hydrogen (secondary N) is 1. The molecule has 3 aromatic rings. The van der Waals surface area contributed by atoms with Crippen LogP contribution in [0.25, 0.3) is 10.6 Å². The van der Waals surface area contributed by atoms with Crippen LogP contribution in [0.2, 0.25) is 0 Å². The number of amides is 1. The molecule has 1 unspecified atom stereocenters. The van der Waals surface area contributed by atoms with Crippen LogP contribution in [0.4, 0.5) is 5.13 Å². The van der Waals surface area contributed by atoms with Crippen molar-refractivity contribution in [1.82, 2.24) is 10.2 Å². The molecule has 0 aliphatic carbocycles. The summed E-state index contributed by atoms with van der Waals surface area (Å²) in [7, 11) is 0. The van der Waals surface area contributed by atoms with Crippen molar-refractivity contribution in [2.75, 3.05) is 5.32 Å². The minimum Gasteiger partial charge on any atom is -0.300 e. The fourth-order valence-corrected chi connectivity index (χ4v) is 3.96. The topological polar surface area (TPSA) is 72.0 Å². The van der Waals surface area contributed by atoms with Crippen molar-refractivity contribution < 1.29 is 9.59 Å². The lowest BCUT2D eigenvalue weighted by Gasteiger charge is -2.15. The van der Waals surface area contributed by atoms with E-state index < -0.39 is 0 Å². The summed E-state index contributed by atoms with van der Waals surface area (Å²) in [5.41, 5.74) is 3.50. The SMILES string of the molecule is CCCCC(C(=O)Nc1nnc(-c2ccc(C=O)cc2C)s1)c1ccccc1. The Labute approximate surface area is 168 Å². The normalized spacial score (nSPS) is 11.8. The monoisotopic (exact) mass is 393 g/mol. The van der Waals surface area contributed by atoms with E-state index in [9.17, 15) is 9.59 Å². The average molecular weight is 394 g/mol. The Morgan fingerprint density at radius 3 is 2.64 bits per heavy atom. The first-order valence-electron chi connectivity index (χ1n) is 9.38. The van der Waals surface area contributed by atoms with Gasteiger partial charge in [0.1, 0.15) is 11.3 Å². The maximum absolute atomic E-state index is 12.9. The summed E-state index contributed by atoms with van der Waals surface area (Å²) in [5, 5.41) is 12.5. The largest absolute Gasteiger partial charge is 0.300 e. The summed E-state index contributed by atoms with van der Waals surface area (Å²) in [4.78, 5) is 23.8. The molecule has 144 valence electrons. The molecule has 1 aromatic heterocycles. The number of carbonyl (C=O) groups excluding carboxylic acids is 2. The number of aldehydes is 1. The second-order valence-electron chi connectivity index (χ2n) is 6.70. The second kappa shape index (κ2) is 9.37. The summed E-state index contributed by atoms with van der Waals surface area (Å²) in [6.07, 6.45) is 3.64. The van der Waals surface area contributed by atoms with Crippen molar-refractivity contribution in [3.8, 4) is 10.6 Å². The van der Waals surface area contributed by atoms with Gasteiger partial charge in [0.15, 0.2) is 0 Å². The van der Waals surface area contributed by atoms with Crippen molar-refractivity contribution in [2.24, 2.45) is 0 Å². The molecule has 1 N–H and O–H groups in total. The maximum atomic E-state index is 12.9. The number of aromatic nitrogens is 2. The van der Waals surface area contributed by atoms with Crippen molar-refractivity contribution in [2.45, 2.75) is 39.0 Å². The van der Waals surface area contributed by atoms with Crippen LogP contribution in [0.3, 0.4) is 0 Å². The lowest BCUT2D eigenvalue weighted by atomic mass is 9.93. The molecule has 0 saturated heterocycles. The zero-order valence-corrected chi connectivity index (χ0v) is 16.8. The molecule has 0 fully saturated rings. The van der Waals surface area contributed by atoms with Crippen LogP contribution < -0.4 is 5.32 Å². The number of anilines is 1. The lowest BCUT2D eigenvalue weighted by Crippen LogP contribution is -2.21. The lowest BCUT2D eigenvalue weighted by molar-refractivity contribution is -0.117. The van der Waals surface area contributed by atoms with Gasteiger partial charge in [-0.2, -0.15) is 0 Å². The van der Waals surface area contributed by atoms with Gasteiger partial charge in [-0.3, -0.25) is 14.9 Å². The number of rotatable bonds is 8. The Hall–Kier alpha value is -2.86. The number of hydrogen-bond acceptors (Lipinski definition) is 5. The van der Waals surface area contributed by atoms with Crippen LogP contribution in [0.5, 0.6) is 0 Å². The van der Waals surface area contributed by atoms with Gasteiger partial charge in [-0.05, 0) is 30.5 Å². The van der Waals surface area contributed by atoms with Crippen molar-refractivity contribution in [3.63, 3.8) is 0 Å². The Kier molecular flexibility index (Phi) is 6.66. The molecule has 0 bridgehead atoms. The molecular formula is C22H23N3O2S. The van der Waals surface area contributed by atoms with Crippen LogP contribution in [0, 0.1) is 6.92 Å². The molecule has 0 spiro atoms. The maximum Gasteiger partial charge on any atom is 0.233 e. The molecule has 6 heteroatoms. The van der Waals surface area contributed by atoms with Gasteiger partial charge in [-0.15, -0.1) is 10.2 Å². The van der Waals surface area contributed by atoms with E-state index in [-0.39, 0.29) is 11.8 Å². The summed E-state index contributed by atoms with van der Waals surface area (Å²) in [5.74, 6) is -0.266. The van der Waals surface area contributed by atoms with Gasteiger partial charge >= 0.3 is 0 Å². The molecule has 5 nitrogen and oxygen atoms in total. The second-order valence-corrected chi connectivity index (χ2v) is 7.68. The summed E-state index contributed by atoms with van der Waals surface area (Å²) < 4.78 is 0. The molecule has 0 aliphatic rings. The number of hydrogen-bond donors (Lipinski definition) is 1. The molecule has 1 amide bonds. The van der Waals surface area contributed by atoms with E-state index in [0.29, 0.717) is 10.7 Å². The predicted molar refractivity (Wildman–Crippen MR) is 113 cm³/mol.